The van der Waals surface area contributed by atoms with E-state index >= 15 is 0 Å². The Kier molecular flexibility index (Phi) is 7.37. The average Bonchev–Trinajstić information content (AvgIpc) is 2.64. The number of aliphatic hydroxyl groups excluding tert-OH is 1. The molecular weight excluding hydrogens is 323 g/mol. The van der Waals surface area contributed by atoms with Crippen molar-refractivity contribution in [2.45, 2.75) is 12.5 Å². The Labute approximate surface area is 146 Å². The summed E-state index contributed by atoms with van der Waals surface area (Å²) in [5.41, 5.74) is 2.22. The van der Waals surface area contributed by atoms with Crippen molar-refractivity contribution < 1.29 is 19.0 Å². The van der Waals surface area contributed by atoms with Crippen LogP contribution in [0.25, 0.3) is 0 Å². The van der Waals surface area contributed by atoms with E-state index in [4.69, 9.17) is 9.84 Å². The number of hydrogen-bond acceptors (Lipinski definition) is 4. The third kappa shape index (κ3) is 5.85. The van der Waals surface area contributed by atoms with E-state index < -0.39 is 0 Å². The number of aliphatic hydroxyl groups is 1. The standard InChI is InChI=1S/C19H23FN2O3/c1-25-12-9-18(14-5-7-16(20)8-6-14)22-17-4-2-3-15(13-17)19(24)21-10-11-23/h2-8,13,18,22-23H,9-12H2,1H3,(H,21,24). The van der Waals surface area contributed by atoms with Crippen LogP contribution in [0.1, 0.15) is 28.4 Å². The highest BCUT2D eigenvalue weighted by molar-refractivity contribution is 5.95. The van der Waals surface area contributed by atoms with Gasteiger partial charge in [-0.3, -0.25) is 4.79 Å². The monoisotopic (exact) mass is 346 g/mol. The summed E-state index contributed by atoms with van der Waals surface area (Å²) in [4.78, 5) is 12.0. The number of methoxy groups -OCH3 is 1. The summed E-state index contributed by atoms with van der Waals surface area (Å²) >= 11 is 0. The van der Waals surface area contributed by atoms with Gasteiger partial charge in [-0.25, -0.2) is 4.39 Å². The number of ether oxygens (including phenoxy) is 1. The second-order valence-corrected chi connectivity index (χ2v) is 5.59. The quantitative estimate of drug-likeness (QED) is 0.653. The summed E-state index contributed by atoms with van der Waals surface area (Å²) in [6.07, 6.45) is 0.697. The molecule has 0 fully saturated rings. The number of carbonyl (C=O) groups is 1. The first-order chi connectivity index (χ1) is 12.1. The predicted octanol–water partition coefficient (Wildman–Crippen LogP) is 2.74. The van der Waals surface area contributed by atoms with Crippen LogP contribution in [0, 0.1) is 5.82 Å². The predicted molar refractivity (Wildman–Crippen MR) is 95.1 cm³/mol. The van der Waals surface area contributed by atoms with Crippen LogP contribution in [0.4, 0.5) is 10.1 Å². The van der Waals surface area contributed by atoms with Crippen molar-refractivity contribution in [1.82, 2.24) is 5.32 Å². The summed E-state index contributed by atoms with van der Waals surface area (Å²) in [5, 5.41) is 14.8. The summed E-state index contributed by atoms with van der Waals surface area (Å²) < 4.78 is 18.3. The van der Waals surface area contributed by atoms with Crippen molar-refractivity contribution >= 4 is 11.6 Å². The number of nitrogens with one attached hydrogen (secondary N) is 2. The lowest BCUT2D eigenvalue weighted by molar-refractivity contribution is 0.0945. The highest BCUT2D eigenvalue weighted by atomic mass is 19.1. The second kappa shape index (κ2) is 9.76. The Bertz CT molecular complexity index is 677. The van der Waals surface area contributed by atoms with Crippen molar-refractivity contribution in [2.24, 2.45) is 0 Å². The molecule has 0 aliphatic heterocycles. The van der Waals surface area contributed by atoms with Crippen molar-refractivity contribution in [3.63, 3.8) is 0 Å². The maximum Gasteiger partial charge on any atom is 0.251 e. The van der Waals surface area contributed by atoms with Gasteiger partial charge in [0.2, 0.25) is 0 Å². The number of halogens is 1. The molecule has 2 aromatic carbocycles. The molecule has 0 radical (unpaired) electrons. The fourth-order valence-electron chi connectivity index (χ4n) is 2.48. The highest BCUT2D eigenvalue weighted by Gasteiger charge is 2.13. The van der Waals surface area contributed by atoms with E-state index in [1.54, 1.807) is 37.4 Å². The molecule has 0 aromatic heterocycles. The molecule has 2 aromatic rings. The van der Waals surface area contributed by atoms with Crippen LogP contribution in [0.5, 0.6) is 0 Å². The molecule has 0 bridgehead atoms. The first-order valence-corrected chi connectivity index (χ1v) is 8.14. The number of benzene rings is 2. The molecule has 6 heteroatoms. The van der Waals surface area contributed by atoms with Crippen molar-refractivity contribution in [2.75, 3.05) is 32.2 Å². The number of carbonyl (C=O) groups excluding carboxylic acids is 1. The minimum atomic E-state index is -0.281. The third-order valence-electron chi connectivity index (χ3n) is 3.75. The Hall–Kier alpha value is -2.44. The molecule has 1 atom stereocenters. The molecule has 0 spiro atoms. The van der Waals surface area contributed by atoms with Crippen LogP contribution >= 0.6 is 0 Å². The number of amides is 1. The Morgan fingerprint density at radius 1 is 1.24 bits per heavy atom. The molecular formula is C19H23FN2O3. The van der Waals surface area contributed by atoms with Crippen LogP contribution in [0.2, 0.25) is 0 Å². The van der Waals surface area contributed by atoms with Crippen molar-refractivity contribution in [1.29, 1.82) is 0 Å². The summed E-state index contributed by atoms with van der Waals surface area (Å²) in [6, 6.07) is 13.4. The molecule has 134 valence electrons. The lowest BCUT2D eigenvalue weighted by Crippen LogP contribution is -2.26. The Morgan fingerprint density at radius 2 is 2.00 bits per heavy atom. The number of rotatable bonds is 9. The molecule has 1 amide bonds. The van der Waals surface area contributed by atoms with Gasteiger partial charge in [0.25, 0.3) is 5.91 Å². The lowest BCUT2D eigenvalue weighted by atomic mass is 10.0. The minimum Gasteiger partial charge on any atom is -0.395 e. The maximum atomic E-state index is 13.2. The molecule has 3 N–H and O–H groups in total. The van der Waals surface area contributed by atoms with Gasteiger partial charge in [-0.05, 0) is 42.3 Å². The van der Waals surface area contributed by atoms with Gasteiger partial charge in [0, 0.05) is 31.5 Å². The zero-order valence-corrected chi connectivity index (χ0v) is 14.2. The summed E-state index contributed by atoms with van der Waals surface area (Å²) in [6.45, 7) is 0.654. The smallest absolute Gasteiger partial charge is 0.251 e. The summed E-state index contributed by atoms with van der Waals surface area (Å²) in [7, 11) is 1.63. The van der Waals surface area contributed by atoms with E-state index in [9.17, 15) is 9.18 Å². The topological polar surface area (TPSA) is 70.6 Å². The highest BCUT2D eigenvalue weighted by Crippen LogP contribution is 2.24. The molecule has 0 heterocycles. The molecule has 0 saturated heterocycles. The van der Waals surface area contributed by atoms with Gasteiger partial charge in [0.1, 0.15) is 5.82 Å². The molecule has 1 unspecified atom stereocenters. The van der Waals surface area contributed by atoms with Gasteiger partial charge in [-0.2, -0.15) is 0 Å². The first-order valence-electron chi connectivity index (χ1n) is 8.14. The first kappa shape index (κ1) is 18.9. The van der Waals surface area contributed by atoms with Gasteiger partial charge in [-0.15, -0.1) is 0 Å². The van der Waals surface area contributed by atoms with Crippen LogP contribution in [-0.4, -0.2) is 37.9 Å². The lowest BCUT2D eigenvalue weighted by Gasteiger charge is -2.20. The molecule has 2 rings (SSSR count). The summed E-state index contributed by atoms with van der Waals surface area (Å²) in [5.74, 6) is -0.523. The fourth-order valence-corrected chi connectivity index (χ4v) is 2.48. The largest absolute Gasteiger partial charge is 0.395 e. The zero-order valence-electron chi connectivity index (χ0n) is 14.2. The van der Waals surface area contributed by atoms with Crippen molar-refractivity contribution in [3.8, 4) is 0 Å². The van der Waals surface area contributed by atoms with Gasteiger partial charge in [0.15, 0.2) is 0 Å². The second-order valence-electron chi connectivity index (χ2n) is 5.59. The van der Waals surface area contributed by atoms with Crippen LogP contribution in [-0.2, 0) is 4.74 Å². The Balaban J connectivity index is 2.14. The van der Waals surface area contributed by atoms with Crippen molar-refractivity contribution in [3.05, 3.63) is 65.5 Å². The molecule has 0 saturated carbocycles. The third-order valence-corrected chi connectivity index (χ3v) is 3.75. The van der Waals surface area contributed by atoms with Crippen LogP contribution in [0.3, 0.4) is 0 Å². The maximum absolute atomic E-state index is 13.2. The zero-order chi connectivity index (χ0) is 18.1. The van der Waals surface area contributed by atoms with E-state index in [2.05, 4.69) is 10.6 Å². The van der Waals surface area contributed by atoms with Crippen LogP contribution in [0.15, 0.2) is 48.5 Å². The minimum absolute atomic E-state index is 0.0729. The number of hydrogen-bond donors (Lipinski definition) is 3. The average molecular weight is 346 g/mol. The van der Waals surface area contributed by atoms with Gasteiger partial charge in [0.05, 0.1) is 12.6 Å². The van der Waals surface area contributed by atoms with E-state index in [1.807, 2.05) is 6.07 Å². The number of anilines is 1. The normalized spacial score (nSPS) is 11.8. The molecule has 25 heavy (non-hydrogen) atoms. The van der Waals surface area contributed by atoms with E-state index in [1.165, 1.54) is 12.1 Å². The van der Waals surface area contributed by atoms with E-state index in [-0.39, 0.29) is 30.9 Å². The van der Waals surface area contributed by atoms with Gasteiger partial charge >= 0.3 is 0 Å². The molecule has 0 aliphatic carbocycles. The van der Waals surface area contributed by atoms with Crippen LogP contribution < -0.4 is 10.6 Å². The fraction of sp³-hybridized carbons (Fsp3) is 0.316. The van der Waals surface area contributed by atoms with E-state index in [0.29, 0.717) is 18.6 Å². The Morgan fingerprint density at radius 3 is 2.68 bits per heavy atom. The van der Waals surface area contributed by atoms with E-state index in [0.717, 1.165) is 11.3 Å². The molecule has 0 aliphatic rings. The van der Waals surface area contributed by atoms with Gasteiger partial charge < -0.3 is 20.5 Å². The SMILES string of the molecule is COCCC(Nc1cccc(C(=O)NCCO)c1)c1ccc(F)cc1. The molecule has 5 nitrogen and oxygen atoms in total. The van der Waals surface area contributed by atoms with Gasteiger partial charge in [-0.1, -0.05) is 18.2 Å².